The van der Waals surface area contributed by atoms with Crippen LogP contribution in [0.2, 0.25) is 0 Å². The van der Waals surface area contributed by atoms with Crippen LogP contribution < -0.4 is 5.32 Å². The van der Waals surface area contributed by atoms with Crippen molar-refractivity contribution in [2.45, 2.75) is 19.8 Å². The number of aromatic nitrogens is 4. The van der Waals surface area contributed by atoms with E-state index in [1.54, 1.807) is 48.5 Å². The molecule has 10 heteroatoms. The molecule has 0 aliphatic rings. The zero-order valence-corrected chi connectivity index (χ0v) is 16.9. The lowest BCUT2D eigenvalue weighted by Gasteiger charge is -2.08. The third-order valence-electron chi connectivity index (χ3n) is 4.17. The summed E-state index contributed by atoms with van der Waals surface area (Å²) < 4.78 is 11.6. The number of hydrogen-bond acceptors (Lipinski definition) is 8. The van der Waals surface area contributed by atoms with Crippen LogP contribution in [0.3, 0.4) is 0 Å². The SMILES string of the molecule is CCCCOC(=O)c1ccc(NC(=O)COC(=O)c2cccc(-n3cnnn3)c2)cc1. The van der Waals surface area contributed by atoms with Crippen LogP contribution in [-0.2, 0) is 14.3 Å². The summed E-state index contributed by atoms with van der Waals surface area (Å²) in [5.41, 5.74) is 1.69. The lowest BCUT2D eigenvalue weighted by Crippen LogP contribution is -2.21. The molecule has 0 radical (unpaired) electrons. The molecule has 1 aromatic heterocycles. The van der Waals surface area contributed by atoms with Crippen LogP contribution in [0.25, 0.3) is 5.69 Å². The Morgan fingerprint density at radius 3 is 2.48 bits per heavy atom. The van der Waals surface area contributed by atoms with E-state index in [0.29, 0.717) is 23.5 Å². The van der Waals surface area contributed by atoms with Crippen LogP contribution in [0, 0.1) is 0 Å². The van der Waals surface area contributed by atoms with E-state index in [1.165, 1.54) is 11.0 Å². The molecule has 3 rings (SSSR count). The van der Waals surface area contributed by atoms with E-state index in [4.69, 9.17) is 9.47 Å². The molecular formula is C21H21N5O5. The lowest BCUT2D eigenvalue weighted by atomic mass is 10.2. The van der Waals surface area contributed by atoms with Gasteiger partial charge < -0.3 is 14.8 Å². The topological polar surface area (TPSA) is 125 Å². The third-order valence-corrected chi connectivity index (χ3v) is 4.17. The molecule has 0 aliphatic carbocycles. The second-order valence-corrected chi connectivity index (χ2v) is 6.50. The Kier molecular flexibility index (Phi) is 7.41. The summed E-state index contributed by atoms with van der Waals surface area (Å²) in [7, 11) is 0. The molecule has 3 aromatic rings. The first-order valence-electron chi connectivity index (χ1n) is 9.64. The second kappa shape index (κ2) is 10.6. The number of unbranched alkanes of at least 4 members (excludes halogenated alkanes) is 1. The fourth-order valence-corrected chi connectivity index (χ4v) is 2.55. The Hall–Kier alpha value is -4.08. The molecule has 0 saturated heterocycles. The fraction of sp³-hybridized carbons (Fsp3) is 0.238. The number of carbonyl (C=O) groups is 3. The third kappa shape index (κ3) is 6.20. The molecule has 0 spiro atoms. The Labute approximate surface area is 178 Å². The van der Waals surface area contributed by atoms with Crippen molar-refractivity contribution in [1.82, 2.24) is 20.2 Å². The highest BCUT2D eigenvalue weighted by molar-refractivity contribution is 5.96. The van der Waals surface area contributed by atoms with Crippen LogP contribution in [0.15, 0.2) is 54.9 Å². The summed E-state index contributed by atoms with van der Waals surface area (Å²) in [5.74, 6) is -1.58. The number of rotatable bonds is 9. The molecule has 1 amide bonds. The molecule has 0 unspecified atom stereocenters. The summed E-state index contributed by atoms with van der Waals surface area (Å²) in [6.07, 6.45) is 3.14. The van der Waals surface area contributed by atoms with Crippen LogP contribution in [0.5, 0.6) is 0 Å². The van der Waals surface area contributed by atoms with Gasteiger partial charge in [-0.2, -0.15) is 0 Å². The molecule has 0 aliphatic heterocycles. The first-order valence-corrected chi connectivity index (χ1v) is 9.64. The molecule has 0 atom stereocenters. The lowest BCUT2D eigenvalue weighted by molar-refractivity contribution is -0.119. The van der Waals surface area contributed by atoms with Gasteiger partial charge in [-0.25, -0.2) is 14.3 Å². The highest BCUT2D eigenvalue weighted by Gasteiger charge is 2.12. The first-order chi connectivity index (χ1) is 15.1. The van der Waals surface area contributed by atoms with Gasteiger partial charge in [-0.05, 0) is 59.3 Å². The Balaban J connectivity index is 1.49. The maximum atomic E-state index is 12.2. The maximum absolute atomic E-state index is 12.2. The Morgan fingerprint density at radius 2 is 1.77 bits per heavy atom. The zero-order valence-electron chi connectivity index (χ0n) is 16.9. The number of carbonyl (C=O) groups excluding carboxylic acids is 3. The van der Waals surface area contributed by atoms with Crippen molar-refractivity contribution in [2.24, 2.45) is 0 Å². The largest absolute Gasteiger partial charge is 0.462 e. The summed E-state index contributed by atoms with van der Waals surface area (Å²) in [6.45, 7) is 1.92. The molecule has 31 heavy (non-hydrogen) atoms. The van der Waals surface area contributed by atoms with E-state index >= 15 is 0 Å². The number of benzene rings is 2. The molecule has 160 valence electrons. The van der Waals surface area contributed by atoms with Crippen LogP contribution in [-0.4, -0.2) is 51.3 Å². The van der Waals surface area contributed by atoms with Gasteiger partial charge in [-0.1, -0.05) is 19.4 Å². The van der Waals surface area contributed by atoms with Crippen molar-refractivity contribution in [1.29, 1.82) is 0 Å². The van der Waals surface area contributed by atoms with Crippen molar-refractivity contribution >= 4 is 23.5 Å². The number of nitrogens with zero attached hydrogens (tertiary/aromatic N) is 4. The number of esters is 2. The molecule has 1 heterocycles. The minimum atomic E-state index is -0.657. The van der Waals surface area contributed by atoms with Gasteiger partial charge in [0.25, 0.3) is 5.91 Å². The van der Waals surface area contributed by atoms with Crippen molar-refractivity contribution in [3.8, 4) is 5.69 Å². The predicted molar refractivity (Wildman–Crippen MR) is 110 cm³/mol. The molecule has 0 fully saturated rings. The van der Waals surface area contributed by atoms with E-state index in [-0.39, 0.29) is 5.56 Å². The monoisotopic (exact) mass is 423 g/mol. The van der Waals surface area contributed by atoms with E-state index in [1.807, 2.05) is 6.92 Å². The summed E-state index contributed by atoms with van der Waals surface area (Å²) >= 11 is 0. The van der Waals surface area contributed by atoms with Gasteiger partial charge in [-0.3, -0.25) is 4.79 Å². The average Bonchev–Trinajstić information content (AvgIpc) is 3.33. The van der Waals surface area contributed by atoms with Crippen molar-refractivity contribution in [2.75, 3.05) is 18.5 Å². The van der Waals surface area contributed by atoms with Gasteiger partial charge in [-0.15, -0.1) is 5.10 Å². The van der Waals surface area contributed by atoms with Crippen molar-refractivity contribution < 1.29 is 23.9 Å². The van der Waals surface area contributed by atoms with Crippen molar-refractivity contribution in [3.05, 3.63) is 66.0 Å². The molecule has 10 nitrogen and oxygen atoms in total. The fourth-order valence-electron chi connectivity index (χ4n) is 2.55. The minimum Gasteiger partial charge on any atom is -0.462 e. The quantitative estimate of drug-likeness (QED) is 0.411. The normalized spacial score (nSPS) is 10.4. The van der Waals surface area contributed by atoms with E-state index in [2.05, 4.69) is 20.8 Å². The molecule has 2 aromatic carbocycles. The number of amides is 1. The summed E-state index contributed by atoms with van der Waals surface area (Å²) in [5, 5.41) is 13.4. The predicted octanol–water partition coefficient (Wildman–Crippen LogP) is 2.41. The number of tetrazole rings is 1. The molecule has 0 saturated carbocycles. The number of hydrogen-bond donors (Lipinski definition) is 1. The van der Waals surface area contributed by atoms with E-state index in [0.717, 1.165) is 12.8 Å². The van der Waals surface area contributed by atoms with Gasteiger partial charge in [0.15, 0.2) is 6.61 Å². The van der Waals surface area contributed by atoms with Gasteiger partial charge >= 0.3 is 11.9 Å². The van der Waals surface area contributed by atoms with Crippen molar-refractivity contribution in [3.63, 3.8) is 0 Å². The maximum Gasteiger partial charge on any atom is 0.338 e. The summed E-state index contributed by atoms with van der Waals surface area (Å²) in [6, 6.07) is 12.8. The summed E-state index contributed by atoms with van der Waals surface area (Å²) in [4.78, 5) is 36.2. The van der Waals surface area contributed by atoms with Gasteiger partial charge in [0.1, 0.15) is 6.33 Å². The van der Waals surface area contributed by atoms with Crippen LogP contribution >= 0.6 is 0 Å². The standard InChI is InChI=1S/C21H21N5O5/c1-2-3-11-30-20(28)15-7-9-17(10-8-15)23-19(27)13-31-21(29)16-5-4-6-18(12-16)26-14-22-24-25-26/h4-10,12,14H,2-3,11,13H2,1H3,(H,23,27). The Morgan fingerprint density at radius 1 is 1.00 bits per heavy atom. The second-order valence-electron chi connectivity index (χ2n) is 6.50. The van der Waals surface area contributed by atoms with Crippen LogP contribution in [0.1, 0.15) is 40.5 Å². The molecular weight excluding hydrogens is 402 g/mol. The minimum absolute atomic E-state index is 0.256. The zero-order chi connectivity index (χ0) is 22.1. The van der Waals surface area contributed by atoms with E-state index < -0.39 is 24.5 Å². The highest BCUT2D eigenvalue weighted by atomic mass is 16.5. The van der Waals surface area contributed by atoms with E-state index in [9.17, 15) is 14.4 Å². The molecule has 0 bridgehead atoms. The van der Waals surface area contributed by atoms with Gasteiger partial charge in [0.05, 0.1) is 23.4 Å². The van der Waals surface area contributed by atoms with Gasteiger partial charge in [0.2, 0.25) is 0 Å². The number of nitrogens with one attached hydrogen (secondary N) is 1. The Bertz CT molecular complexity index is 1030. The number of anilines is 1. The number of ether oxygens (including phenoxy) is 2. The average molecular weight is 423 g/mol. The highest BCUT2D eigenvalue weighted by Crippen LogP contribution is 2.12. The smallest absolute Gasteiger partial charge is 0.338 e. The molecule has 1 N–H and O–H groups in total. The first kappa shape index (κ1) is 21.6. The van der Waals surface area contributed by atoms with Gasteiger partial charge in [0, 0.05) is 5.69 Å². The van der Waals surface area contributed by atoms with Crippen LogP contribution in [0.4, 0.5) is 5.69 Å².